The number of hydrogen-bond donors (Lipinski definition) is 2. The number of nitrogens with zero attached hydrogens (tertiary/aromatic N) is 3. The Labute approximate surface area is 91.4 Å². The maximum Gasteiger partial charge on any atom is 0.305 e. The summed E-state index contributed by atoms with van der Waals surface area (Å²) < 4.78 is 4.99. The van der Waals surface area contributed by atoms with E-state index in [1.165, 1.54) is 0 Å². The minimum Gasteiger partial charge on any atom is -0.394 e. The van der Waals surface area contributed by atoms with Gasteiger partial charge in [-0.05, 0) is 0 Å². The molecule has 1 heterocycles. The van der Waals surface area contributed by atoms with Gasteiger partial charge in [-0.2, -0.15) is 0 Å². The molecule has 0 aliphatic carbocycles. The molecule has 8 heteroatoms. The van der Waals surface area contributed by atoms with Crippen LogP contribution in [0.3, 0.4) is 0 Å². The lowest BCUT2D eigenvalue weighted by molar-refractivity contribution is -0.385. The summed E-state index contributed by atoms with van der Waals surface area (Å²) in [4.78, 5) is 17.2. The van der Waals surface area contributed by atoms with E-state index in [0.29, 0.717) is 19.1 Å². The van der Waals surface area contributed by atoms with E-state index in [9.17, 15) is 10.1 Å². The van der Waals surface area contributed by atoms with Crippen LogP contribution in [0.15, 0.2) is 12.4 Å². The predicted molar refractivity (Wildman–Crippen MR) is 55.1 cm³/mol. The lowest BCUT2D eigenvalue weighted by atomic mass is 10.5. The quantitative estimate of drug-likeness (QED) is 0.378. The predicted octanol–water partition coefficient (Wildman–Crippen LogP) is -0.194. The van der Waals surface area contributed by atoms with E-state index in [-0.39, 0.29) is 18.9 Å². The fourth-order valence-electron chi connectivity index (χ4n) is 0.908. The molecule has 0 saturated heterocycles. The average molecular weight is 228 g/mol. The second-order valence-corrected chi connectivity index (χ2v) is 2.78. The Bertz CT molecular complexity index is 329. The highest BCUT2D eigenvalue weighted by atomic mass is 16.6. The Balaban J connectivity index is 2.29. The van der Waals surface area contributed by atoms with Gasteiger partial charge in [0.05, 0.1) is 24.7 Å². The zero-order valence-electron chi connectivity index (χ0n) is 8.50. The van der Waals surface area contributed by atoms with Crippen molar-refractivity contribution in [1.29, 1.82) is 0 Å². The summed E-state index contributed by atoms with van der Waals surface area (Å²) in [5.41, 5.74) is -0.151. The van der Waals surface area contributed by atoms with Crippen molar-refractivity contribution in [3.63, 3.8) is 0 Å². The van der Waals surface area contributed by atoms with Crippen LogP contribution in [0.25, 0.3) is 0 Å². The smallest absolute Gasteiger partial charge is 0.305 e. The first kappa shape index (κ1) is 12.3. The highest BCUT2D eigenvalue weighted by Crippen LogP contribution is 2.07. The van der Waals surface area contributed by atoms with Gasteiger partial charge >= 0.3 is 5.69 Å². The van der Waals surface area contributed by atoms with Gasteiger partial charge in [0.2, 0.25) is 5.95 Å². The summed E-state index contributed by atoms with van der Waals surface area (Å²) in [6, 6.07) is 0. The van der Waals surface area contributed by atoms with Gasteiger partial charge in [0.25, 0.3) is 0 Å². The van der Waals surface area contributed by atoms with Gasteiger partial charge in [0, 0.05) is 6.54 Å². The van der Waals surface area contributed by atoms with Crippen LogP contribution in [-0.2, 0) is 4.74 Å². The molecule has 0 unspecified atom stereocenters. The van der Waals surface area contributed by atoms with Crippen LogP contribution in [0.1, 0.15) is 0 Å². The number of ether oxygens (including phenoxy) is 1. The zero-order chi connectivity index (χ0) is 11.8. The number of aliphatic hydroxyl groups is 1. The number of rotatable bonds is 7. The van der Waals surface area contributed by atoms with Crippen molar-refractivity contribution < 1.29 is 14.8 Å². The molecule has 0 saturated carbocycles. The number of nitrogens with one attached hydrogen (secondary N) is 1. The first-order chi connectivity index (χ1) is 7.74. The molecule has 8 nitrogen and oxygen atoms in total. The van der Waals surface area contributed by atoms with Crippen molar-refractivity contribution in [3.05, 3.63) is 22.5 Å². The van der Waals surface area contributed by atoms with Gasteiger partial charge in [-0.1, -0.05) is 0 Å². The van der Waals surface area contributed by atoms with Crippen molar-refractivity contribution in [3.8, 4) is 0 Å². The van der Waals surface area contributed by atoms with Crippen molar-refractivity contribution in [2.24, 2.45) is 0 Å². The molecular formula is C8H12N4O4. The van der Waals surface area contributed by atoms with Crippen LogP contribution < -0.4 is 5.32 Å². The summed E-state index contributed by atoms with van der Waals surface area (Å²) in [6.07, 6.45) is 2.26. The Kier molecular flexibility index (Phi) is 5.09. The second-order valence-electron chi connectivity index (χ2n) is 2.78. The van der Waals surface area contributed by atoms with Crippen LogP contribution in [0, 0.1) is 10.1 Å². The standard InChI is InChI=1S/C8H12N4O4/c13-2-4-16-3-1-9-8-10-5-7(6-11-8)12(14)15/h5-6,13H,1-4H2,(H,9,10,11). The fraction of sp³-hybridized carbons (Fsp3) is 0.500. The van der Waals surface area contributed by atoms with E-state index in [4.69, 9.17) is 9.84 Å². The monoisotopic (exact) mass is 228 g/mol. The molecule has 1 aromatic heterocycles. The summed E-state index contributed by atoms with van der Waals surface area (Å²) in [5.74, 6) is 0.304. The van der Waals surface area contributed by atoms with Crippen LogP contribution in [-0.4, -0.2) is 46.4 Å². The molecular weight excluding hydrogens is 216 g/mol. The largest absolute Gasteiger partial charge is 0.394 e. The van der Waals surface area contributed by atoms with Crippen molar-refractivity contribution in [1.82, 2.24) is 9.97 Å². The normalized spacial score (nSPS) is 10.1. The van der Waals surface area contributed by atoms with E-state index in [0.717, 1.165) is 12.4 Å². The third-order valence-corrected chi connectivity index (χ3v) is 1.61. The first-order valence-electron chi connectivity index (χ1n) is 4.63. The summed E-state index contributed by atoms with van der Waals surface area (Å²) in [6.45, 7) is 1.13. The topological polar surface area (TPSA) is 110 Å². The molecule has 0 atom stereocenters. The van der Waals surface area contributed by atoms with Gasteiger partial charge in [-0.25, -0.2) is 9.97 Å². The van der Waals surface area contributed by atoms with Gasteiger partial charge in [-0.3, -0.25) is 10.1 Å². The molecule has 0 amide bonds. The maximum atomic E-state index is 10.3. The Morgan fingerprint density at radius 2 is 2.12 bits per heavy atom. The van der Waals surface area contributed by atoms with E-state index >= 15 is 0 Å². The van der Waals surface area contributed by atoms with Crippen LogP contribution in [0.2, 0.25) is 0 Å². The molecule has 0 aliphatic heterocycles. The average Bonchev–Trinajstić information content (AvgIpc) is 2.29. The third-order valence-electron chi connectivity index (χ3n) is 1.61. The van der Waals surface area contributed by atoms with Crippen molar-refractivity contribution in [2.75, 3.05) is 31.7 Å². The number of anilines is 1. The third kappa shape index (κ3) is 4.15. The summed E-state index contributed by atoms with van der Waals surface area (Å²) >= 11 is 0. The fourth-order valence-corrected chi connectivity index (χ4v) is 0.908. The highest BCUT2D eigenvalue weighted by Gasteiger charge is 2.05. The number of aromatic nitrogens is 2. The Morgan fingerprint density at radius 3 is 2.69 bits per heavy atom. The molecule has 0 aliphatic rings. The van der Waals surface area contributed by atoms with Gasteiger partial charge in [0.15, 0.2) is 0 Å². The van der Waals surface area contributed by atoms with E-state index in [1.807, 2.05) is 0 Å². The minimum atomic E-state index is -0.561. The molecule has 2 N–H and O–H groups in total. The molecule has 0 radical (unpaired) electrons. The molecule has 0 spiro atoms. The molecule has 1 aromatic rings. The van der Waals surface area contributed by atoms with Crippen LogP contribution in [0.5, 0.6) is 0 Å². The lowest BCUT2D eigenvalue weighted by Crippen LogP contribution is -2.12. The number of hydrogen-bond acceptors (Lipinski definition) is 7. The lowest BCUT2D eigenvalue weighted by Gasteiger charge is -2.04. The number of nitro groups is 1. The van der Waals surface area contributed by atoms with E-state index < -0.39 is 4.92 Å². The highest BCUT2D eigenvalue weighted by molar-refractivity contribution is 5.30. The SMILES string of the molecule is O=[N+]([O-])c1cnc(NCCOCCO)nc1. The van der Waals surface area contributed by atoms with Gasteiger partial charge in [0.1, 0.15) is 12.4 Å². The summed E-state index contributed by atoms with van der Waals surface area (Å²) in [7, 11) is 0. The van der Waals surface area contributed by atoms with Gasteiger partial charge < -0.3 is 15.2 Å². The Morgan fingerprint density at radius 1 is 1.44 bits per heavy atom. The van der Waals surface area contributed by atoms with Gasteiger partial charge in [-0.15, -0.1) is 0 Å². The summed E-state index contributed by atoms with van der Waals surface area (Å²) in [5, 5.41) is 21.6. The van der Waals surface area contributed by atoms with Crippen LogP contribution >= 0.6 is 0 Å². The molecule has 0 aromatic carbocycles. The molecule has 16 heavy (non-hydrogen) atoms. The minimum absolute atomic E-state index is 0.0198. The van der Waals surface area contributed by atoms with E-state index in [1.54, 1.807) is 0 Å². The molecule has 0 bridgehead atoms. The zero-order valence-corrected chi connectivity index (χ0v) is 8.50. The first-order valence-corrected chi connectivity index (χ1v) is 4.63. The molecule has 1 rings (SSSR count). The number of aliphatic hydroxyl groups excluding tert-OH is 1. The van der Waals surface area contributed by atoms with Crippen molar-refractivity contribution >= 4 is 11.6 Å². The van der Waals surface area contributed by atoms with E-state index in [2.05, 4.69) is 15.3 Å². The van der Waals surface area contributed by atoms with Crippen molar-refractivity contribution in [2.45, 2.75) is 0 Å². The maximum absolute atomic E-state index is 10.3. The van der Waals surface area contributed by atoms with Crippen LogP contribution in [0.4, 0.5) is 11.6 Å². The Hall–Kier alpha value is -1.80. The molecule has 88 valence electrons. The molecule has 0 fully saturated rings. The second kappa shape index (κ2) is 6.64.